The van der Waals surface area contributed by atoms with Gasteiger partial charge < -0.3 is 19.7 Å². The summed E-state index contributed by atoms with van der Waals surface area (Å²) in [5.41, 5.74) is 4.01. The summed E-state index contributed by atoms with van der Waals surface area (Å²) in [6, 6.07) is 14.2. The lowest BCUT2D eigenvalue weighted by molar-refractivity contribution is -0.274. The van der Waals surface area contributed by atoms with Crippen LogP contribution in [-0.2, 0) is 23.2 Å². The van der Waals surface area contributed by atoms with E-state index in [2.05, 4.69) is 20.8 Å². The molecule has 7 rings (SSSR count). The Bertz CT molecular complexity index is 1880. The van der Waals surface area contributed by atoms with E-state index >= 15 is 0 Å². The van der Waals surface area contributed by atoms with E-state index in [-0.39, 0.29) is 28.8 Å². The van der Waals surface area contributed by atoms with Crippen LogP contribution in [0, 0.1) is 0 Å². The van der Waals surface area contributed by atoms with E-state index in [1.54, 1.807) is 30.3 Å². The first-order chi connectivity index (χ1) is 23.1. The summed E-state index contributed by atoms with van der Waals surface area (Å²) in [6.07, 6.45) is 6.46. The molecule has 3 aliphatic rings. The molecule has 2 aromatic carbocycles. The van der Waals surface area contributed by atoms with Gasteiger partial charge in [-0.2, -0.15) is 0 Å². The Labute approximate surface area is 276 Å². The number of amides is 1. The van der Waals surface area contributed by atoms with Crippen molar-refractivity contribution in [1.82, 2.24) is 19.9 Å². The van der Waals surface area contributed by atoms with Gasteiger partial charge in [0.15, 0.2) is 6.10 Å². The maximum absolute atomic E-state index is 13.6. The number of aromatic amines is 1. The van der Waals surface area contributed by atoms with Gasteiger partial charge in [0.2, 0.25) is 0 Å². The van der Waals surface area contributed by atoms with Crippen LogP contribution in [-0.4, -0.2) is 43.8 Å². The number of hydrogen-bond acceptors (Lipinski definition) is 6. The van der Waals surface area contributed by atoms with Crippen LogP contribution < -0.4 is 10.3 Å². The molecular weight excluding hydrogens is 621 g/mol. The van der Waals surface area contributed by atoms with Gasteiger partial charge >= 0.3 is 6.36 Å². The first-order valence-electron chi connectivity index (χ1n) is 16.6. The second kappa shape index (κ2) is 12.8. The number of carbonyl (C=O) groups excluding carboxylic acids is 1. The molecule has 2 saturated carbocycles. The molecule has 3 heterocycles. The number of pyridine rings is 1. The summed E-state index contributed by atoms with van der Waals surface area (Å²) in [6.45, 7) is 0.339. The average molecular weight is 659 g/mol. The van der Waals surface area contributed by atoms with E-state index in [0.29, 0.717) is 53.5 Å². The highest BCUT2D eigenvalue weighted by Crippen LogP contribution is 2.52. The minimum Gasteiger partial charge on any atom is -0.406 e. The number of fused-ring (bicyclic) bond motifs is 1. The molecule has 2 fully saturated rings. The zero-order valence-electron chi connectivity index (χ0n) is 26.4. The molecule has 8 nitrogen and oxygen atoms in total. The number of carbonyl (C=O) groups is 1. The number of rotatable bonds is 7. The summed E-state index contributed by atoms with van der Waals surface area (Å²) in [5.74, 6) is 0.230. The van der Waals surface area contributed by atoms with E-state index in [4.69, 9.17) is 4.98 Å². The van der Waals surface area contributed by atoms with Crippen LogP contribution in [0.2, 0.25) is 0 Å². The summed E-state index contributed by atoms with van der Waals surface area (Å²) in [5, 5.41) is 11.2. The number of aliphatic hydroxyl groups is 1. The van der Waals surface area contributed by atoms with Crippen LogP contribution in [0.1, 0.15) is 97.2 Å². The maximum Gasteiger partial charge on any atom is 0.573 e. The third-order valence-corrected chi connectivity index (χ3v) is 10.0. The van der Waals surface area contributed by atoms with Crippen LogP contribution >= 0.6 is 0 Å². The molecule has 1 atom stereocenters. The maximum atomic E-state index is 13.6. The molecule has 0 bridgehead atoms. The molecule has 2 aliphatic carbocycles. The second-order valence-electron chi connectivity index (χ2n) is 13.2. The number of nitrogens with one attached hydrogen (secondary N) is 1. The highest BCUT2D eigenvalue weighted by molar-refractivity contribution is 5.83. The molecular formula is C37H37F3N4O4. The number of halogens is 3. The van der Waals surface area contributed by atoms with Crippen molar-refractivity contribution >= 4 is 5.91 Å². The van der Waals surface area contributed by atoms with E-state index in [1.165, 1.54) is 60.8 Å². The quantitative estimate of drug-likeness (QED) is 0.225. The lowest BCUT2D eigenvalue weighted by Crippen LogP contribution is -2.36. The van der Waals surface area contributed by atoms with Gasteiger partial charge in [-0.25, -0.2) is 4.98 Å². The summed E-state index contributed by atoms with van der Waals surface area (Å²) in [7, 11) is 0. The van der Waals surface area contributed by atoms with Gasteiger partial charge in [0, 0.05) is 18.9 Å². The molecule has 1 amide bonds. The Morgan fingerprint density at radius 1 is 1.00 bits per heavy atom. The van der Waals surface area contributed by atoms with Crippen molar-refractivity contribution in [2.45, 2.75) is 88.1 Å². The number of benzene rings is 2. The predicted octanol–water partition coefficient (Wildman–Crippen LogP) is 6.87. The average Bonchev–Trinajstić information content (AvgIpc) is 3.93. The summed E-state index contributed by atoms with van der Waals surface area (Å²) in [4.78, 5) is 41.3. The smallest absolute Gasteiger partial charge is 0.406 e. The minimum atomic E-state index is -4.83. The molecule has 2 N–H and O–H groups in total. The van der Waals surface area contributed by atoms with Crippen LogP contribution in [0.4, 0.5) is 13.2 Å². The SMILES string of the molecule is O=C([C@H](O)c1cccc(-c2cccc(OC(F)(F)F)c2)c1)N1CCCc2nc(C3(c4cncc(C5CCCCC5)c4)CC3)[nH]c(=O)c2C1. The third-order valence-electron chi connectivity index (χ3n) is 10.0. The van der Waals surface area contributed by atoms with Crippen LogP contribution in [0.3, 0.4) is 0 Å². The normalized spacial score (nSPS) is 18.5. The van der Waals surface area contributed by atoms with Gasteiger partial charge in [-0.05, 0) is 90.5 Å². The molecule has 0 saturated heterocycles. The fourth-order valence-electron chi connectivity index (χ4n) is 7.28. The number of aryl methyl sites for hydroxylation is 1. The van der Waals surface area contributed by atoms with E-state index in [1.807, 2.05) is 12.4 Å². The van der Waals surface area contributed by atoms with Crippen molar-refractivity contribution in [3.05, 3.63) is 111 Å². The van der Waals surface area contributed by atoms with Gasteiger partial charge in [-0.1, -0.05) is 55.7 Å². The molecule has 11 heteroatoms. The minimum absolute atomic E-state index is 0.01000. The molecule has 250 valence electrons. The van der Waals surface area contributed by atoms with Crippen molar-refractivity contribution < 1.29 is 27.8 Å². The molecule has 2 aromatic heterocycles. The van der Waals surface area contributed by atoms with Gasteiger partial charge in [-0.3, -0.25) is 14.6 Å². The Morgan fingerprint density at radius 2 is 1.75 bits per heavy atom. The van der Waals surface area contributed by atoms with Crippen LogP contribution in [0.15, 0.2) is 71.8 Å². The van der Waals surface area contributed by atoms with Gasteiger partial charge in [0.25, 0.3) is 11.5 Å². The first-order valence-corrected chi connectivity index (χ1v) is 16.6. The number of nitrogens with zero attached hydrogens (tertiary/aromatic N) is 3. The van der Waals surface area contributed by atoms with E-state index in [0.717, 1.165) is 18.4 Å². The lowest BCUT2D eigenvalue weighted by Gasteiger charge is -2.24. The monoisotopic (exact) mass is 658 g/mol. The Hall–Kier alpha value is -4.51. The Morgan fingerprint density at radius 3 is 2.50 bits per heavy atom. The standard InChI is InChI=1S/C37H37F3N4O4/c38-37(39,40)48-29-12-5-10-25(19-29)24-9-4-11-26(17-24)32(45)34(47)44-16-6-13-31-30(22-44)33(46)43-35(42-31)36(14-15-36)28-18-27(20-41-21-28)23-7-2-1-3-8-23/h4-5,9-12,17-21,23,32,45H,1-3,6-8,13-16,22H2,(H,42,43,46)/t32-/m1/s1. The fraction of sp³-hybridized carbons (Fsp3) is 0.405. The molecule has 48 heavy (non-hydrogen) atoms. The predicted molar refractivity (Wildman–Crippen MR) is 172 cm³/mol. The molecule has 0 unspecified atom stereocenters. The van der Waals surface area contributed by atoms with Gasteiger partial charge in [-0.15, -0.1) is 13.2 Å². The highest BCUT2D eigenvalue weighted by atomic mass is 19.4. The number of aromatic nitrogens is 3. The molecule has 4 aromatic rings. The highest BCUT2D eigenvalue weighted by Gasteiger charge is 2.49. The zero-order chi connectivity index (χ0) is 33.5. The molecule has 0 spiro atoms. The van der Waals surface area contributed by atoms with Gasteiger partial charge in [0.05, 0.1) is 23.2 Å². The van der Waals surface area contributed by atoms with Gasteiger partial charge in [0.1, 0.15) is 11.6 Å². The van der Waals surface area contributed by atoms with E-state index < -0.39 is 18.4 Å². The number of ether oxygens (including phenoxy) is 1. The fourth-order valence-corrected chi connectivity index (χ4v) is 7.28. The van der Waals surface area contributed by atoms with Crippen molar-refractivity contribution in [3.63, 3.8) is 0 Å². The summed E-state index contributed by atoms with van der Waals surface area (Å²) < 4.78 is 42.3. The molecule has 1 aliphatic heterocycles. The summed E-state index contributed by atoms with van der Waals surface area (Å²) >= 11 is 0. The third kappa shape index (κ3) is 6.60. The number of H-pyrrole nitrogens is 1. The van der Waals surface area contributed by atoms with Crippen molar-refractivity contribution in [1.29, 1.82) is 0 Å². The first kappa shape index (κ1) is 32.1. The zero-order valence-corrected chi connectivity index (χ0v) is 26.4. The largest absolute Gasteiger partial charge is 0.573 e. The van der Waals surface area contributed by atoms with Crippen molar-refractivity contribution in [3.8, 4) is 16.9 Å². The Kier molecular flexibility index (Phi) is 8.57. The molecule has 0 radical (unpaired) electrons. The number of aliphatic hydroxyl groups excluding tert-OH is 1. The topological polar surface area (TPSA) is 108 Å². The van der Waals surface area contributed by atoms with Crippen molar-refractivity contribution in [2.75, 3.05) is 6.54 Å². The lowest BCUT2D eigenvalue weighted by atomic mass is 9.83. The number of alkyl halides is 3. The van der Waals surface area contributed by atoms with Crippen LogP contribution in [0.5, 0.6) is 5.75 Å². The second-order valence-corrected chi connectivity index (χ2v) is 13.2. The van der Waals surface area contributed by atoms with E-state index in [9.17, 15) is 27.9 Å². The van der Waals surface area contributed by atoms with Crippen molar-refractivity contribution in [2.24, 2.45) is 0 Å². The van der Waals surface area contributed by atoms with Crippen LogP contribution in [0.25, 0.3) is 11.1 Å². The number of hydrogen-bond donors (Lipinski definition) is 2. The Balaban J connectivity index is 1.09.